The van der Waals surface area contributed by atoms with Gasteiger partial charge in [0.2, 0.25) is 0 Å². The van der Waals surface area contributed by atoms with Gasteiger partial charge >= 0.3 is 5.97 Å². The zero-order valence-electron chi connectivity index (χ0n) is 11.8. The lowest BCUT2D eigenvalue weighted by Crippen LogP contribution is -2.37. The van der Waals surface area contributed by atoms with Crippen molar-refractivity contribution in [2.45, 2.75) is 19.9 Å². The summed E-state index contributed by atoms with van der Waals surface area (Å²) in [5.74, 6) is -0.232. The number of aromatic hydroxyl groups is 1. The van der Waals surface area contributed by atoms with Crippen LogP contribution < -0.4 is 10.5 Å². The molecule has 5 nitrogen and oxygen atoms in total. The van der Waals surface area contributed by atoms with Gasteiger partial charge in [-0.2, -0.15) is 0 Å². The molecule has 0 bridgehead atoms. The Morgan fingerprint density at radius 1 is 1.40 bits per heavy atom. The maximum Gasteiger partial charge on any atom is 0.313 e. The van der Waals surface area contributed by atoms with E-state index in [1.165, 1.54) is 14.2 Å². The molecular formula is C13H19BrClNO4. The van der Waals surface area contributed by atoms with Gasteiger partial charge in [0.1, 0.15) is 0 Å². The van der Waals surface area contributed by atoms with Crippen LogP contribution in [0.15, 0.2) is 16.6 Å². The van der Waals surface area contributed by atoms with Gasteiger partial charge in [0.05, 0.1) is 25.7 Å². The van der Waals surface area contributed by atoms with Crippen molar-refractivity contribution in [2.24, 2.45) is 11.1 Å². The number of ether oxygens (including phenoxy) is 2. The van der Waals surface area contributed by atoms with Gasteiger partial charge in [-0.3, -0.25) is 4.79 Å². The first kappa shape index (κ1) is 19.0. The number of carbonyl (C=O) groups is 1. The summed E-state index contributed by atoms with van der Waals surface area (Å²) in [6.07, 6.45) is 0. The highest BCUT2D eigenvalue weighted by Crippen LogP contribution is 2.44. The second kappa shape index (κ2) is 7.15. The molecule has 7 heteroatoms. The second-order valence-electron chi connectivity index (χ2n) is 4.70. The third kappa shape index (κ3) is 3.37. The van der Waals surface area contributed by atoms with Crippen molar-refractivity contribution in [3.8, 4) is 11.5 Å². The molecule has 1 aromatic rings. The summed E-state index contributed by atoms with van der Waals surface area (Å²) in [5.41, 5.74) is 5.55. The summed E-state index contributed by atoms with van der Waals surface area (Å²) in [6, 6.07) is 2.58. The van der Waals surface area contributed by atoms with E-state index < -0.39 is 17.4 Å². The number of esters is 1. The van der Waals surface area contributed by atoms with Gasteiger partial charge in [-0.1, -0.05) is 15.9 Å². The summed E-state index contributed by atoms with van der Waals surface area (Å²) < 4.78 is 10.4. The normalized spacial score (nSPS) is 12.3. The Morgan fingerprint density at radius 2 is 1.95 bits per heavy atom. The lowest BCUT2D eigenvalue weighted by atomic mass is 9.80. The molecular weight excluding hydrogens is 350 g/mol. The van der Waals surface area contributed by atoms with Gasteiger partial charge in [0, 0.05) is 10.0 Å². The van der Waals surface area contributed by atoms with Crippen LogP contribution in [0.3, 0.4) is 0 Å². The predicted molar refractivity (Wildman–Crippen MR) is 82.3 cm³/mol. The fraction of sp³-hybridized carbons (Fsp3) is 0.462. The summed E-state index contributed by atoms with van der Waals surface area (Å²) in [6.45, 7) is 3.32. The van der Waals surface area contributed by atoms with Gasteiger partial charge in [-0.25, -0.2) is 0 Å². The van der Waals surface area contributed by atoms with Crippen LogP contribution in [0.2, 0.25) is 0 Å². The molecule has 20 heavy (non-hydrogen) atoms. The van der Waals surface area contributed by atoms with Crippen LogP contribution in [0, 0.1) is 5.41 Å². The number of nitrogens with two attached hydrogens (primary N) is 1. The van der Waals surface area contributed by atoms with Crippen LogP contribution in [0.1, 0.15) is 25.5 Å². The molecule has 0 spiro atoms. The number of phenolic OH excluding ortho intramolecular Hbond substituents is 1. The van der Waals surface area contributed by atoms with Gasteiger partial charge in [0.15, 0.2) is 11.5 Å². The molecule has 0 heterocycles. The summed E-state index contributed by atoms with van der Waals surface area (Å²) in [4.78, 5) is 11.8. The zero-order chi connectivity index (χ0) is 14.8. The monoisotopic (exact) mass is 367 g/mol. The minimum atomic E-state index is -0.985. The van der Waals surface area contributed by atoms with Crippen LogP contribution in [0.5, 0.6) is 11.5 Å². The van der Waals surface area contributed by atoms with E-state index in [1.807, 2.05) is 0 Å². The second-order valence-corrected chi connectivity index (χ2v) is 5.56. The minimum absolute atomic E-state index is 0. The van der Waals surface area contributed by atoms with E-state index in [-0.39, 0.29) is 18.2 Å². The Labute approximate surface area is 133 Å². The average molecular weight is 369 g/mol. The van der Waals surface area contributed by atoms with E-state index in [0.29, 0.717) is 15.8 Å². The van der Waals surface area contributed by atoms with Gasteiger partial charge in [-0.15, -0.1) is 12.4 Å². The molecule has 0 aromatic heterocycles. The number of phenols is 1. The quantitative estimate of drug-likeness (QED) is 0.799. The van der Waals surface area contributed by atoms with Crippen LogP contribution >= 0.6 is 28.3 Å². The van der Waals surface area contributed by atoms with Crippen molar-refractivity contribution >= 4 is 34.3 Å². The molecule has 0 unspecified atom stereocenters. The smallest absolute Gasteiger partial charge is 0.313 e. The van der Waals surface area contributed by atoms with Gasteiger partial charge < -0.3 is 20.3 Å². The lowest BCUT2D eigenvalue weighted by Gasteiger charge is -2.30. The number of carbonyl (C=O) groups excluding carboxylic acids is 1. The Kier molecular flexibility index (Phi) is 6.80. The molecule has 0 aliphatic rings. The summed E-state index contributed by atoms with van der Waals surface area (Å²) in [5, 5.41) is 10.2. The highest BCUT2D eigenvalue weighted by molar-refractivity contribution is 9.10. The molecule has 0 fully saturated rings. The topological polar surface area (TPSA) is 81.8 Å². The number of methoxy groups -OCH3 is 2. The van der Waals surface area contributed by atoms with E-state index in [4.69, 9.17) is 15.2 Å². The molecule has 0 aliphatic heterocycles. The molecule has 0 saturated heterocycles. The minimum Gasteiger partial charge on any atom is -0.504 e. The zero-order valence-corrected chi connectivity index (χ0v) is 14.2. The Balaban J connectivity index is 0.00000361. The van der Waals surface area contributed by atoms with E-state index in [9.17, 15) is 9.90 Å². The molecule has 0 radical (unpaired) electrons. The predicted octanol–water partition coefficient (Wildman–Crippen LogP) is 2.78. The van der Waals surface area contributed by atoms with Crippen molar-refractivity contribution in [3.63, 3.8) is 0 Å². The van der Waals surface area contributed by atoms with Crippen molar-refractivity contribution in [2.75, 3.05) is 14.2 Å². The molecule has 0 amide bonds. The van der Waals surface area contributed by atoms with Crippen molar-refractivity contribution < 1.29 is 19.4 Å². The average Bonchev–Trinajstić information content (AvgIpc) is 2.37. The standard InChI is InChI=1S/C13H18BrNO4.ClH/c1-13(2,12(17)19-4)11(15)9-7(14)5-6-8(18-3)10(9)16;/h5-6,11,16H,15H2,1-4H3;1H/t11-;/m0./s1. The molecule has 114 valence electrons. The highest BCUT2D eigenvalue weighted by atomic mass is 79.9. The maximum absolute atomic E-state index is 11.8. The van der Waals surface area contributed by atoms with Crippen molar-refractivity contribution in [1.29, 1.82) is 0 Å². The lowest BCUT2D eigenvalue weighted by molar-refractivity contribution is -0.152. The third-order valence-electron chi connectivity index (χ3n) is 3.15. The number of hydrogen-bond acceptors (Lipinski definition) is 5. The van der Waals surface area contributed by atoms with Crippen LogP contribution in [-0.4, -0.2) is 25.3 Å². The number of hydrogen-bond donors (Lipinski definition) is 2. The molecule has 1 atom stereocenters. The largest absolute Gasteiger partial charge is 0.504 e. The van der Waals surface area contributed by atoms with E-state index in [0.717, 1.165) is 0 Å². The van der Waals surface area contributed by atoms with Crippen LogP contribution in [0.4, 0.5) is 0 Å². The number of benzene rings is 1. The number of halogens is 2. The Hall–Kier alpha value is -0.980. The van der Waals surface area contributed by atoms with E-state index in [1.54, 1.807) is 26.0 Å². The molecule has 3 N–H and O–H groups in total. The summed E-state index contributed by atoms with van der Waals surface area (Å²) >= 11 is 3.33. The molecule has 0 aliphatic carbocycles. The first-order valence-corrected chi connectivity index (χ1v) is 6.46. The Bertz CT molecular complexity index is 494. The first-order chi connectivity index (χ1) is 8.77. The molecule has 1 rings (SSSR count). The van der Waals surface area contributed by atoms with Crippen LogP contribution in [-0.2, 0) is 9.53 Å². The third-order valence-corrected chi connectivity index (χ3v) is 3.84. The van der Waals surface area contributed by atoms with Crippen molar-refractivity contribution in [3.05, 3.63) is 22.2 Å². The maximum atomic E-state index is 11.8. The van der Waals surface area contributed by atoms with Gasteiger partial charge in [0.25, 0.3) is 0 Å². The van der Waals surface area contributed by atoms with Crippen molar-refractivity contribution in [1.82, 2.24) is 0 Å². The number of rotatable bonds is 4. The van der Waals surface area contributed by atoms with Crippen LogP contribution in [0.25, 0.3) is 0 Å². The fourth-order valence-corrected chi connectivity index (χ4v) is 2.34. The highest BCUT2D eigenvalue weighted by Gasteiger charge is 2.39. The summed E-state index contributed by atoms with van der Waals surface area (Å²) in [7, 11) is 2.75. The Morgan fingerprint density at radius 3 is 2.40 bits per heavy atom. The van der Waals surface area contributed by atoms with Gasteiger partial charge in [-0.05, 0) is 26.0 Å². The van der Waals surface area contributed by atoms with E-state index >= 15 is 0 Å². The fourth-order valence-electron chi connectivity index (χ4n) is 1.77. The molecule has 0 saturated carbocycles. The first-order valence-electron chi connectivity index (χ1n) is 5.66. The van der Waals surface area contributed by atoms with E-state index in [2.05, 4.69) is 15.9 Å². The molecule has 1 aromatic carbocycles. The SMILES string of the molecule is COC(=O)C(C)(C)[C@@H](N)c1c(Br)ccc(OC)c1O.Cl.